The van der Waals surface area contributed by atoms with Crippen molar-refractivity contribution in [3.05, 3.63) is 29.8 Å². The first-order valence-electron chi connectivity index (χ1n) is 6.80. The molecule has 1 N–H and O–H groups in total. The zero-order valence-corrected chi connectivity index (χ0v) is 11.9. The number of rotatable bonds is 3. The highest BCUT2D eigenvalue weighted by Gasteiger charge is 2.51. The molecule has 108 valence electrons. The van der Waals surface area contributed by atoms with Crippen LogP contribution in [0.5, 0.6) is 0 Å². The third kappa shape index (κ3) is 2.08. The van der Waals surface area contributed by atoms with Crippen molar-refractivity contribution in [1.82, 2.24) is 0 Å². The van der Waals surface area contributed by atoms with E-state index in [0.717, 1.165) is 12.0 Å². The van der Waals surface area contributed by atoms with E-state index >= 15 is 0 Å². The van der Waals surface area contributed by atoms with Crippen molar-refractivity contribution in [1.29, 1.82) is 0 Å². The highest BCUT2D eigenvalue weighted by Crippen LogP contribution is 2.48. The molecule has 0 amide bonds. The fourth-order valence-electron chi connectivity index (χ4n) is 2.78. The first-order valence-corrected chi connectivity index (χ1v) is 8.41. The molecule has 1 saturated heterocycles. The Morgan fingerprint density at radius 1 is 1.15 bits per heavy atom. The third-order valence-corrected chi connectivity index (χ3v) is 6.09. The summed E-state index contributed by atoms with van der Waals surface area (Å²) in [5.41, 5.74) is 0.664. The van der Waals surface area contributed by atoms with Gasteiger partial charge in [-0.25, -0.2) is 8.42 Å². The smallest absolute Gasteiger partial charge is 0.314 e. The number of aliphatic carboxylic acids is 1. The van der Waals surface area contributed by atoms with E-state index in [1.54, 1.807) is 24.3 Å². The Morgan fingerprint density at radius 2 is 1.80 bits per heavy atom. The molecular weight excluding hydrogens is 278 g/mol. The van der Waals surface area contributed by atoms with Crippen LogP contribution in [0.25, 0.3) is 0 Å². The molecule has 2 fully saturated rings. The van der Waals surface area contributed by atoms with E-state index in [9.17, 15) is 18.3 Å². The van der Waals surface area contributed by atoms with Crippen LogP contribution in [0.2, 0.25) is 0 Å². The fraction of sp³-hybridized carbons (Fsp3) is 0.500. The van der Waals surface area contributed by atoms with Gasteiger partial charge in [-0.1, -0.05) is 12.1 Å². The molecule has 1 heterocycles. The molecule has 0 atom stereocenters. The van der Waals surface area contributed by atoms with E-state index < -0.39 is 21.4 Å². The summed E-state index contributed by atoms with van der Waals surface area (Å²) >= 11 is 0. The van der Waals surface area contributed by atoms with Gasteiger partial charge < -0.3 is 5.11 Å². The van der Waals surface area contributed by atoms with Crippen LogP contribution in [0.1, 0.15) is 31.2 Å². The van der Waals surface area contributed by atoms with E-state index in [4.69, 9.17) is 0 Å². The van der Waals surface area contributed by atoms with Crippen LogP contribution >= 0.6 is 0 Å². The number of sulfonamides is 1. The predicted molar refractivity (Wildman–Crippen MR) is 75.4 cm³/mol. The maximum atomic E-state index is 12.0. The van der Waals surface area contributed by atoms with Crippen molar-refractivity contribution in [2.75, 3.05) is 16.6 Å². The summed E-state index contributed by atoms with van der Waals surface area (Å²) in [7, 11) is -3.21. The molecule has 3 rings (SSSR count). The second kappa shape index (κ2) is 4.48. The highest BCUT2D eigenvalue weighted by molar-refractivity contribution is 7.92. The molecule has 1 aliphatic heterocycles. The number of carboxylic acid groups (broad SMARTS) is 1. The Kier molecular flexibility index (Phi) is 3.01. The quantitative estimate of drug-likeness (QED) is 0.921. The van der Waals surface area contributed by atoms with Crippen LogP contribution in [0.3, 0.4) is 0 Å². The molecule has 6 heteroatoms. The molecule has 0 spiro atoms. The van der Waals surface area contributed by atoms with Gasteiger partial charge in [0.2, 0.25) is 10.0 Å². The summed E-state index contributed by atoms with van der Waals surface area (Å²) in [4.78, 5) is 11.3. The van der Waals surface area contributed by atoms with Gasteiger partial charge >= 0.3 is 5.97 Å². The number of hydrogen-bond donors (Lipinski definition) is 1. The lowest BCUT2D eigenvalue weighted by Crippen LogP contribution is -2.37. The van der Waals surface area contributed by atoms with Gasteiger partial charge in [0, 0.05) is 6.54 Å². The van der Waals surface area contributed by atoms with E-state index in [1.807, 2.05) is 0 Å². The second-order valence-corrected chi connectivity index (χ2v) is 7.54. The third-order valence-electron chi connectivity index (χ3n) is 4.22. The molecule has 1 aliphatic carbocycles. The molecule has 0 aromatic heterocycles. The minimum absolute atomic E-state index is 0.188. The molecule has 0 bridgehead atoms. The van der Waals surface area contributed by atoms with Crippen molar-refractivity contribution in [2.45, 2.75) is 31.1 Å². The predicted octanol–water partition coefficient (Wildman–Crippen LogP) is 1.73. The molecule has 2 aliphatic rings. The monoisotopic (exact) mass is 295 g/mol. The SMILES string of the molecule is O=C(O)C1(c2ccc(N3CCCCS3(=O)=O)cc2)CC1. The first-order chi connectivity index (χ1) is 9.46. The van der Waals surface area contributed by atoms with E-state index in [0.29, 0.717) is 31.5 Å². The molecule has 1 aromatic carbocycles. The van der Waals surface area contributed by atoms with E-state index in [-0.39, 0.29) is 5.75 Å². The standard InChI is InChI=1S/C14H17NO4S/c16-13(17)14(7-8-14)11-3-5-12(6-4-11)15-9-1-2-10-20(15,18)19/h3-6H,1-2,7-10H2,(H,16,17). The minimum atomic E-state index is -3.21. The zero-order chi connectivity index (χ0) is 14.4. The maximum absolute atomic E-state index is 12.0. The average molecular weight is 295 g/mol. The van der Waals surface area contributed by atoms with Gasteiger partial charge in [0.1, 0.15) is 0 Å². The van der Waals surface area contributed by atoms with Gasteiger partial charge in [0.15, 0.2) is 0 Å². The summed E-state index contributed by atoms with van der Waals surface area (Å²) in [5, 5.41) is 9.25. The molecular formula is C14H17NO4S. The van der Waals surface area contributed by atoms with Crippen molar-refractivity contribution in [3.63, 3.8) is 0 Å². The largest absolute Gasteiger partial charge is 0.481 e. The Labute approximate surface area is 118 Å². The molecule has 1 aromatic rings. The number of benzene rings is 1. The number of carboxylic acids is 1. The Balaban J connectivity index is 1.89. The van der Waals surface area contributed by atoms with Gasteiger partial charge in [-0.15, -0.1) is 0 Å². The number of carbonyl (C=O) groups is 1. The first kappa shape index (κ1) is 13.4. The van der Waals surface area contributed by atoms with Gasteiger partial charge in [0.25, 0.3) is 0 Å². The van der Waals surface area contributed by atoms with Crippen molar-refractivity contribution >= 4 is 21.7 Å². The Bertz CT molecular complexity index is 632. The van der Waals surface area contributed by atoms with Crippen LogP contribution < -0.4 is 4.31 Å². The van der Waals surface area contributed by atoms with Gasteiger partial charge in [-0.05, 0) is 43.4 Å². The Hall–Kier alpha value is -1.56. The number of nitrogens with zero attached hydrogens (tertiary/aromatic N) is 1. The second-order valence-electron chi connectivity index (χ2n) is 5.53. The lowest BCUT2D eigenvalue weighted by Gasteiger charge is -2.28. The summed E-state index contributed by atoms with van der Waals surface area (Å²) in [6.07, 6.45) is 2.88. The average Bonchev–Trinajstić information content (AvgIpc) is 3.20. The zero-order valence-electron chi connectivity index (χ0n) is 11.1. The van der Waals surface area contributed by atoms with Crippen LogP contribution in [-0.2, 0) is 20.2 Å². The summed E-state index contributed by atoms with van der Waals surface area (Å²) in [5.74, 6) is -0.607. The van der Waals surface area contributed by atoms with Crippen molar-refractivity contribution in [2.24, 2.45) is 0 Å². The van der Waals surface area contributed by atoms with Crippen LogP contribution in [-0.4, -0.2) is 31.8 Å². The van der Waals surface area contributed by atoms with Crippen LogP contribution in [0, 0.1) is 0 Å². The normalized spacial score (nSPS) is 23.3. The molecule has 20 heavy (non-hydrogen) atoms. The van der Waals surface area contributed by atoms with Crippen LogP contribution in [0.4, 0.5) is 5.69 Å². The lowest BCUT2D eigenvalue weighted by atomic mass is 9.96. The topological polar surface area (TPSA) is 74.7 Å². The summed E-state index contributed by atoms with van der Waals surface area (Å²) in [6.45, 7) is 0.506. The molecule has 1 saturated carbocycles. The highest BCUT2D eigenvalue weighted by atomic mass is 32.2. The maximum Gasteiger partial charge on any atom is 0.314 e. The van der Waals surface area contributed by atoms with Gasteiger partial charge in [0.05, 0.1) is 16.9 Å². The lowest BCUT2D eigenvalue weighted by molar-refractivity contribution is -0.140. The van der Waals surface area contributed by atoms with Crippen molar-refractivity contribution < 1.29 is 18.3 Å². The number of anilines is 1. The number of hydrogen-bond acceptors (Lipinski definition) is 3. The molecule has 0 unspecified atom stereocenters. The summed E-state index contributed by atoms with van der Waals surface area (Å²) in [6, 6.07) is 6.95. The van der Waals surface area contributed by atoms with Crippen LogP contribution in [0.15, 0.2) is 24.3 Å². The minimum Gasteiger partial charge on any atom is -0.481 e. The summed E-state index contributed by atoms with van der Waals surface area (Å²) < 4.78 is 25.5. The fourth-order valence-corrected chi connectivity index (χ4v) is 4.42. The molecule has 5 nitrogen and oxygen atoms in total. The van der Waals surface area contributed by atoms with Gasteiger partial charge in [-0.3, -0.25) is 9.10 Å². The van der Waals surface area contributed by atoms with Crippen molar-refractivity contribution in [3.8, 4) is 0 Å². The van der Waals surface area contributed by atoms with Gasteiger partial charge in [-0.2, -0.15) is 0 Å². The van der Waals surface area contributed by atoms with E-state index in [1.165, 1.54) is 4.31 Å². The van der Waals surface area contributed by atoms with E-state index in [2.05, 4.69) is 0 Å². The Morgan fingerprint density at radius 3 is 2.30 bits per heavy atom. The molecule has 0 radical (unpaired) electrons.